The summed E-state index contributed by atoms with van der Waals surface area (Å²) >= 11 is 5.73. The third kappa shape index (κ3) is 3.20. The third-order valence-electron chi connectivity index (χ3n) is 2.67. The number of nitrogen functional groups attached to an aromatic ring is 1. The highest BCUT2D eigenvalue weighted by molar-refractivity contribution is 7.92. The molecule has 0 aromatic heterocycles. The Morgan fingerprint density at radius 3 is 2.62 bits per heavy atom. The molecule has 2 rings (SSSR count). The van der Waals surface area contributed by atoms with Crippen LogP contribution in [0.3, 0.4) is 0 Å². The van der Waals surface area contributed by atoms with Crippen LogP contribution in [0, 0.1) is 5.82 Å². The maximum atomic E-state index is 13.9. The van der Waals surface area contributed by atoms with Crippen LogP contribution in [0.15, 0.2) is 41.3 Å². The van der Waals surface area contributed by atoms with Gasteiger partial charge in [-0.15, -0.1) is 0 Å². The molecule has 0 aliphatic rings. The number of anilines is 2. The van der Waals surface area contributed by atoms with Crippen molar-refractivity contribution in [1.29, 1.82) is 0 Å². The summed E-state index contributed by atoms with van der Waals surface area (Å²) in [6.07, 6.45) is 0. The first-order valence-corrected chi connectivity index (χ1v) is 7.61. The minimum absolute atomic E-state index is 0.0225. The van der Waals surface area contributed by atoms with Crippen LogP contribution in [0.25, 0.3) is 0 Å². The second-order valence-electron chi connectivity index (χ2n) is 4.11. The second kappa shape index (κ2) is 5.79. The molecule has 8 heteroatoms. The lowest BCUT2D eigenvalue weighted by atomic mass is 10.3. The van der Waals surface area contributed by atoms with E-state index in [1.807, 2.05) is 0 Å². The van der Waals surface area contributed by atoms with Crippen LogP contribution in [0.1, 0.15) is 0 Å². The summed E-state index contributed by atoms with van der Waals surface area (Å²) in [6, 6.07) is 8.48. The number of nitrogens with two attached hydrogens (primary N) is 1. The molecule has 0 radical (unpaired) electrons. The average Bonchev–Trinajstić information content (AvgIpc) is 2.43. The largest absolute Gasteiger partial charge is 0.495 e. The highest BCUT2D eigenvalue weighted by Gasteiger charge is 2.23. The Kier molecular flexibility index (Phi) is 4.24. The number of benzene rings is 2. The molecule has 2 aromatic carbocycles. The van der Waals surface area contributed by atoms with Crippen molar-refractivity contribution < 1.29 is 17.5 Å². The van der Waals surface area contributed by atoms with Gasteiger partial charge in [-0.25, -0.2) is 12.8 Å². The Morgan fingerprint density at radius 1 is 1.29 bits per heavy atom. The molecular formula is C13H12ClFN2O3S. The van der Waals surface area contributed by atoms with Crippen molar-refractivity contribution in [3.63, 3.8) is 0 Å². The van der Waals surface area contributed by atoms with Crippen molar-refractivity contribution in [1.82, 2.24) is 0 Å². The molecule has 0 aliphatic heterocycles. The normalized spacial score (nSPS) is 11.2. The summed E-state index contributed by atoms with van der Waals surface area (Å²) in [7, 11) is -2.80. The quantitative estimate of drug-likeness (QED) is 0.845. The molecule has 3 N–H and O–H groups in total. The van der Waals surface area contributed by atoms with Gasteiger partial charge in [0.25, 0.3) is 10.0 Å². The van der Waals surface area contributed by atoms with E-state index in [-0.39, 0.29) is 16.4 Å². The minimum Gasteiger partial charge on any atom is -0.495 e. The molecule has 0 heterocycles. The fourth-order valence-electron chi connectivity index (χ4n) is 1.71. The van der Waals surface area contributed by atoms with Crippen LogP contribution in [-0.2, 0) is 10.0 Å². The van der Waals surface area contributed by atoms with Gasteiger partial charge in [0, 0.05) is 5.02 Å². The number of hydrogen-bond acceptors (Lipinski definition) is 4. The first-order valence-electron chi connectivity index (χ1n) is 5.75. The van der Waals surface area contributed by atoms with Crippen LogP contribution in [0.5, 0.6) is 5.75 Å². The predicted molar refractivity (Wildman–Crippen MR) is 79.6 cm³/mol. The van der Waals surface area contributed by atoms with Crippen LogP contribution in [0.2, 0.25) is 5.02 Å². The van der Waals surface area contributed by atoms with Crippen molar-refractivity contribution >= 4 is 33.0 Å². The van der Waals surface area contributed by atoms with Gasteiger partial charge in [0.05, 0.1) is 18.5 Å². The summed E-state index contributed by atoms with van der Waals surface area (Å²) in [5, 5.41) is 0.0225. The van der Waals surface area contributed by atoms with Gasteiger partial charge in [-0.2, -0.15) is 0 Å². The molecule has 2 aromatic rings. The average molecular weight is 331 g/mol. The number of halogens is 2. The van der Waals surface area contributed by atoms with Crippen molar-refractivity contribution in [3.05, 3.63) is 47.2 Å². The molecule has 0 spiro atoms. The van der Waals surface area contributed by atoms with Gasteiger partial charge in [0.2, 0.25) is 0 Å². The fraction of sp³-hybridized carbons (Fsp3) is 0.0769. The first kappa shape index (κ1) is 15.4. The van der Waals surface area contributed by atoms with E-state index in [1.54, 1.807) is 18.2 Å². The van der Waals surface area contributed by atoms with E-state index in [4.69, 9.17) is 22.1 Å². The maximum absolute atomic E-state index is 13.9. The second-order valence-corrected chi connectivity index (χ2v) is 6.20. The standard InChI is InChI=1S/C13H12ClFN2O3S/c1-20-11-5-3-2-4-10(11)17-21(18,19)12-7-8(14)6-9(16)13(12)15/h2-7,17H,16H2,1H3. The molecule has 21 heavy (non-hydrogen) atoms. The predicted octanol–water partition coefficient (Wildman–Crippen LogP) is 2.87. The van der Waals surface area contributed by atoms with Crippen LogP contribution in [-0.4, -0.2) is 15.5 Å². The number of nitrogens with one attached hydrogen (secondary N) is 1. The van der Waals surface area contributed by atoms with E-state index in [2.05, 4.69) is 4.72 Å². The van der Waals surface area contributed by atoms with Crippen molar-refractivity contribution in [3.8, 4) is 5.75 Å². The molecule has 0 fully saturated rings. The highest BCUT2D eigenvalue weighted by atomic mass is 35.5. The summed E-state index contributed by atoms with van der Waals surface area (Å²) in [4.78, 5) is -0.626. The molecular weight excluding hydrogens is 319 g/mol. The molecule has 0 aliphatic carbocycles. The van der Waals surface area contributed by atoms with Gasteiger partial charge in [0.1, 0.15) is 10.6 Å². The Morgan fingerprint density at radius 2 is 1.95 bits per heavy atom. The fourth-order valence-corrected chi connectivity index (χ4v) is 3.20. The highest BCUT2D eigenvalue weighted by Crippen LogP contribution is 2.29. The lowest BCUT2D eigenvalue weighted by molar-refractivity contribution is 0.417. The molecule has 0 bridgehead atoms. The third-order valence-corrected chi connectivity index (χ3v) is 4.26. The number of methoxy groups -OCH3 is 1. The van der Waals surface area contributed by atoms with E-state index in [1.165, 1.54) is 13.2 Å². The summed E-state index contributed by atoms with van der Waals surface area (Å²) in [5.74, 6) is -0.752. The van der Waals surface area contributed by atoms with Gasteiger partial charge < -0.3 is 10.5 Å². The van der Waals surface area contributed by atoms with Crippen molar-refractivity contribution in [2.75, 3.05) is 17.6 Å². The summed E-state index contributed by atoms with van der Waals surface area (Å²) in [5.41, 5.74) is 5.23. The summed E-state index contributed by atoms with van der Waals surface area (Å²) < 4.78 is 45.8. The molecule has 0 saturated carbocycles. The van der Waals surface area contributed by atoms with Gasteiger partial charge in [-0.05, 0) is 24.3 Å². The molecule has 112 valence electrons. The van der Waals surface area contributed by atoms with E-state index < -0.39 is 20.7 Å². The van der Waals surface area contributed by atoms with Gasteiger partial charge in [-0.3, -0.25) is 4.72 Å². The minimum atomic E-state index is -4.19. The Bertz CT molecular complexity index is 781. The van der Waals surface area contributed by atoms with Crippen molar-refractivity contribution in [2.24, 2.45) is 0 Å². The topological polar surface area (TPSA) is 81.4 Å². The number of hydrogen-bond donors (Lipinski definition) is 2. The zero-order valence-corrected chi connectivity index (χ0v) is 12.5. The Hall–Kier alpha value is -1.99. The maximum Gasteiger partial charge on any atom is 0.265 e. The SMILES string of the molecule is COc1ccccc1NS(=O)(=O)c1cc(Cl)cc(N)c1F. The number of rotatable bonds is 4. The van der Waals surface area contributed by atoms with Gasteiger partial charge in [0.15, 0.2) is 5.82 Å². The molecule has 0 unspecified atom stereocenters. The molecule has 0 saturated heterocycles. The Labute approximate surface area is 126 Å². The van der Waals surface area contributed by atoms with Crippen LogP contribution in [0.4, 0.5) is 15.8 Å². The first-order chi connectivity index (χ1) is 9.85. The van der Waals surface area contributed by atoms with E-state index >= 15 is 0 Å². The molecule has 0 atom stereocenters. The van der Waals surface area contributed by atoms with E-state index in [0.717, 1.165) is 12.1 Å². The summed E-state index contributed by atoms with van der Waals surface area (Å²) in [6.45, 7) is 0. The van der Waals surface area contributed by atoms with Gasteiger partial charge >= 0.3 is 0 Å². The monoisotopic (exact) mass is 330 g/mol. The van der Waals surface area contributed by atoms with Gasteiger partial charge in [-0.1, -0.05) is 23.7 Å². The lowest BCUT2D eigenvalue weighted by Crippen LogP contribution is -2.16. The van der Waals surface area contributed by atoms with E-state index in [0.29, 0.717) is 5.75 Å². The van der Waals surface area contributed by atoms with Crippen molar-refractivity contribution in [2.45, 2.75) is 4.90 Å². The smallest absolute Gasteiger partial charge is 0.265 e. The van der Waals surface area contributed by atoms with Crippen LogP contribution >= 0.6 is 11.6 Å². The van der Waals surface area contributed by atoms with E-state index in [9.17, 15) is 12.8 Å². The molecule has 5 nitrogen and oxygen atoms in total. The number of ether oxygens (including phenoxy) is 1. The zero-order chi connectivity index (χ0) is 15.6. The number of para-hydroxylation sites is 2. The number of sulfonamides is 1. The lowest BCUT2D eigenvalue weighted by Gasteiger charge is -2.13. The zero-order valence-electron chi connectivity index (χ0n) is 10.9. The van der Waals surface area contributed by atoms with Crippen LogP contribution < -0.4 is 15.2 Å². The Balaban J connectivity index is 2.49. The molecule has 0 amide bonds.